The summed E-state index contributed by atoms with van der Waals surface area (Å²) in [6.45, 7) is 3.39. The third kappa shape index (κ3) is 2.36. The van der Waals surface area contributed by atoms with E-state index in [0.29, 0.717) is 6.04 Å². The Balaban J connectivity index is 1.71. The highest BCUT2D eigenvalue weighted by Gasteiger charge is 2.39. The van der Waals surface area contributed by atoms with Gasteiger partial charge in [-0.05, 0) is 66.3 Å². The second-order valence-electron chi connectivity index (χ2n) is 6.53. The minimum atomic E-state index is 0.553. The standard InChI is InChI=1S/C19H23NOS/c1-13-5-7-16(12-22-13)20-9-3-4-15-10-14-6-8-17(21-2)11-18(14)19(15)20/h5-8,11,15,19H,3-4,9-10,12H2,1-2H3. The smallest absolute Gasteiger partial charge is 0.119 e. The first-order valence-electron chi connectivity index (χ1n) is 8.20. The van der Waals surface area contributed by atoms with Crippen LogP contribution in [0.25, 0.3) is 0 Å². The predicted octanol–water partition coefficient (Wildman–Crippen LogP) is 4.54. The number of rotatable bonds is 2. The van der Waals surface area contributed by atoms with Crippen LogP contribution < -0.4 is 4.74 Å². The highest BCUT2D eigenvalue weighted by atomic mass is 32.2. The number of allylic oxidation sites excluding steroid dienone is 3. The van der Waals surface area contributed by atoms with E-state index >= 15 is 0 Å². The lowest BCUT2D eigenvalue weighted by molar-refractivity contribution is 0.143. The van der Waals surface area contributed by atoms with Crippen LogP contribution in [0.5, 0.6) is 5.75 Å². The number of ether oxygens (including phenoxy) is 1. The van der Waals surface area contributed by atoms with Gasteiger partial charge in [-0.25, -0.2) is 0 Å². The van der Waals surface area contributed by atoms with E-state index in [4.69, 9.17) is 4.74 Å². The Bertz CT molecular complexity index is 649. The predicted molar refractivity (Wildman–Crippen MR) is 93.2 cm³/mol. The van der Waals surface area contributed by atoms with Crippen LogP contribution >= 0.6 is 11.8 Å². The Morgan fingerprint density at radius 2 is 2.18 bits per heavy atom. The molecule has 3 heteroatoms. The summed E-state index contributed by atoms with van der Waals surface area (Å²) in [5.74, 6) is 2.88. The maximum atomic E-state index is 5.47. The van der Waals surface area contributed by atoms with E-state index in [2.05, 4.69) is 42.2 Å². The monoisotopic (exact) mass is 313 g/mol. The Morgan fingerprint density at radius 3 is 2.95 bits per heavy atom. The van der Waals surface area contributed by atoms with Crippen LogP contribution in [0.15, 0.2) is 41.0 Å². The molecule has 1 fully saturated rings. The van der Waals surface area contributed by atoms with Gasteiger partial charge >= 0.3 is 0 Å². The van der Waals surface area contributed by atoms with Gasteiger partial charge in [0.15, 0.2) is 0 Å². The second kappa shape index (κ2) is 5.69. The SMILES string of the molecule is COc1ccc2c(c1)C1C(CCCN1C1=CC=C(C)SC1)C2. The number of methoxy groups -OCH3 is 1. The molecule has 0 aromatic heterocycles. The van der Waals surface area contributed by atoms with Crippen molar-refractivity contribution in [3.8, 4) is 5.75 Å². The van der Waals surface area contributed by atoms with Crippen molar-refractivity contribution in [3.63, 3.8) is 0 Å². The summed E-state index contributed by atoms with van der Waals surface area (Å²) >= 11 is 1.97. The number of thioether (sulfide) groups is 1. The lowest BCUT2D eigenvalue weighted by Crippen LogP contribution is -2.37. The van der Waals surface area contributed by atoms with Gasteiger partial charge < -0.3 is 9.64 Å². The van der Waals surface area contributed by atoms with Crippen LogP contribution in [0.3, 0.4) is 0 Å². The molecule has 3 aliphatic rings. The highest BCUT2D eigenvalue weighted by Crippen LogP contribution is 2.48. The van der Waals surface area contributed by atoms with Gasteiger partial charge in [0, 0.05) is 18.0 Å². The van der Waals surface area contributed by atoms with E-state index in [9.17, 15) is 0 Å². The van der Waals surface area contributed by atoms with Crippen LogP contribution in [0.2, 0.25) is 0 Å². The van der Waals surface area contributed by atoms with Crippen molar-refractivity contribution in [1.82, 2.24) is 4.90 Å². The molecule has 2 aliphatic heterocycles. The van der Waals surface area contributed by atoms with Crippen molar-refractivity contribution < 1.29 is 4.74 Å². The van der Waals surface area contributed by atoms with Gasteiger partial charge in [0.2, 0.25) is 0 Å². The van der Waals surface area contributed by atoms with Crippen LogP contribution in [0.4, 0.5) is 0 Å². The minimum absolute atomic E-state index is 0.553. The van der Waals surface area contributed by atoms with Gasteiger partial charge in [-0.2, -0.15) is 0 Å². The molecule has 4 rings (SSSR count). The molecule has 0 spiro atoms. The lowest BCUT2D eigenvalue weighted by atomic mass is 9.89. The number of hydrogen-bond donors (Lipinski definition) is 0. The molecule has 116 valence electrons. The summed E-state index contributed by atoms with van der Waals surface area (Å²) in [7, 11) is 1.76. The van der Waals surface area contributed by atoms with Gasteiger partial charge in [-0.3, -0.25) is 0 Å². The molecule has 1 aromatic carbocycles. The van der Waals surface area contributed by atoms with E-state index < -0.39 is 0 Å². The zero-order valence-corrected chi connectivity index (χ0v) is 14.2. The summed E-state index contributed by atoms with van der Waals surface area (Å²) in [4.78, 5) is 4.10. The largest absolute Gasteiger partial charge is 0.497 e. The van der Waals surface area contributed by atoms with Crippen LogP contribution in [-0.2, 0) is 6.42 Å². The van der Waals surface area contributed by atoms with Crippen molar-refractivity contribution in [1.29, 1.82) is 0 Å². The Hall–Kier alpha value is -1.35. The molecular weight excluding hydrogens is 290 g/mol. The summed E-state index contributed by atoms with van der Waals surface area (Å²) in [5.41, 5.74) is 4.53. The molecule has 1 saturated heterocycles. The first-order valence-corrected chi connectivity index (χ1v) is 9.18. The van der Waals surface area contributed by atoms with Crippen LogP contribution in [0, 0.1) is 5.92 Å². The molecule has 2 atom stereocenters. The molecule has 2 nitrogen and oxygen atoms in total. The normalized spacial score (nSPS) is 26.9. The van der Waals surface area contributed by atoms with E-state index in [1.165, 1.54) is 47.5 Å². The summed E-state index contributed by atoms with van der Waals surface area (Å²) in [5, 5.41) is 0. The van der Waals surface area contributed by atoms with Gasteiger partial charge in [0.25, 0.3) is 0 Å². The summed E-state index contributed by atoms with van der Waals surface area (Å²) in [6, 6.07) is 7.22. The zero-order chi connectivity index (χ0) is 15.1. The Labute approximate surface area is 137 Å². The third-order valence-electron chi connectivity index (χ3n) is 5.24. The summed E-state index contributed by atoms with van der Waals surface area (Å²) < 4.78 is 5.47. The fraction of sp³-hybridized carbons (Fsp3) is 0.474. The van der Waals surface area contributed by atoms with E-state index in [-0.39, 0.29) is 0 Å². The number of likely N-dealkylation sites (tertiary alicyclic amines) is 1. The van der Waals surface area contributed by atoms with Crippen LogP contribution in [-0.4, -0.2) is 24.3 Å². The van der Waals surface area contributed by atoms with Gasteiger partial charge in [0.05, 0.1) is 13.2 Å². The van der Waals surface area contributed by atoms with Gasteiger partial charge in [0.1, 0.15) is 5.75 Å². The fourth-order valence-electron chi connectivity index (χ4n) is 4.15. The number of nitrogens with zero attached hydrogens (tertiary/aromatic N) is 1. The maximum Gasteiger partial charge on any atom is 0.119 e. The van der Waals surface area contributed by atoms with Crippen molar-refractivity contribution >= 4 is 11.8 Å². The Morgan fingerprint density at radius 1 is 1.27 bits per heavy atom. The lowest BCUT2D eigenvalue weighted by Gasteiger charge is -2.42. The minimum Gasteiger partial charge on any atom is -0.497 e. The fourth-order valence-corrected chi connectivity index (χ4v) is 4.95. The molecule has 1 aromatic rings. The van der Waals surface area contributed by atoms with E-state index in [0.717, 1.165) is 17.4 Å². The topological polar surface area (TPSA) is 12.5 Å². The van der Waals surface area contributed by atoms with E-state index in [1.54, 1.807) is 7.11 Å². The second-order valence-corrected chi connectivity index (χ2v) is 7.75. The van der Waals surface area contributed by atoms with Crippen molar-refractivity contribution in [2.45, 2.75) is 32.2 Å². The molecule has 2 unspecified atom stereocenters. The van der Waals surface area contributed by atoms with Crippen molar-refractivity contribution in [2.75, 3.05) is 19.4 Å². The number of piperidine rings is 1. The molecule has 1 aliphatic carbocycles. The van der Waals surface area contributed by atoms with E-state index in [1.807, 2.05) is 11.8 Å². The van der Waals surface area contributed by atoms with Crippen molar-refractivity contribution in [2.24, 2.45) is 5.92 Å². The first-order chi connectivity index (χ1) is 10.8. The molecule has 0 radical (unpaired) electrons. The number of hydrogen-bond acceptors (Lipinski definition) is 3. The molecule has 0 amide bonds. The maximum absolute atomic E-state index is 5.47. The van der Waals surface area contributed by atoms with Crippen LogP contribution in [0.1, 0.15) is 36.9 Å². The Kier molecular flexibility index (Phi) is 3.69. The summed E-state index contributed by atoms with van der Waals surface area (Å²) in [6.07, 6.45) is 8.52. The average Bonchev–Trinajstić information content (AvgIpc) is 2.93. The molecule has 22 heavy (non-hydrogen) atoms. The number of fused-ring (bicyclic) bond motifs is 3. The zero-order valence-electron chi connectivity index (χ0n) is 13.3. The quantitative estimate of drug-likeness (QED) is 0.795. The van der Waals surface area contributed by atoms with Gasteiger partial charge in [-0.15, -0.1) is 11.8 Å². The molecule has 0 N–H and O–H groups in total. The highest BCUT2D eigenvalue weighted by molar-refractivity contribution is 8.03. The molecular formula is C19H23NOS. The molecule has 0 bridgehead atoms. The first kappa shape index (κ1) is 14.3. The third-order valence-corrected chi connectivity index (χ3v) is 6.27. The average molecular weight is 313 g/mol. The number of benzene rings is 1. The van der Waals surface area contributed by atoms with Gasteiger partial charge in [-0.1, -0.05) is 12.1 Å². The molecule has 2 heterocycles. The molecule has 0 saturated carbocycles. The van der Waals surface area contributed by atoms with Crippen molar-refractivity contribution in [3.05, 3.63) is 52.1 Å².